The van der Waals surface area contributed by atoms with Crippen LogP contribution in [0.1, 0.15) is 0 Å². The summed E-state index contributed by atoms with van der Waals surface area (Å²) in [5, 5.41) is 0.670. The van der Waals surface area contributed by atoms with Crippen LogP contribution in [0.3, 0.4) is 0 Å². The highest BCUT2D eigenvalue weighted by atomic mass is 35.5. The van der Waals surface area contributed by atoms with Crippen molar-refractivity contribution in [1.82, 2.24) is 0 Å². The van der Waals surface area contributed by atoms with E-state index in [0.29, 0.717) is 5.21 Å². The molecule has 0 atom stereocenters. The van der Waals surface area contributed by atoms with Crippen molar-refractivity contribution in [2.75, 3.05) is 11.0 Å². The van der Waals surface area contributed by atoms with Gasteiger partial charge in [0.2, 0.25) is 0 Å². The van der Waals surface area contributed by atoms with Crippen LogP contribution in [0.25, 0.3) is 0 Å². The molecule has 0 rings (SSSR count). The predicted octanol–water partition coefficient (Wildman–Crippen LogP) is 1.75. The Morgan fingerprint density at radius 3 is 2.40 bits per heavy atom. The van der Waals surface area contributed by atoms with E-state index in [1.54, 1.807) is 11.8 Å². The average Bonchev–Trinajstić information content (AvgIpc) is 1.41. The molecule has 0 nitrogen and oxygen atoms in total. The average molecular weight is 110 g/mol. The summed E-state index contributed by atoms with van der Waals surface area (Å²) in [7, 11) is 0. The normalized spacial score (nSPS) is 8.40. The lowest BCUT2D eigenvalue weighted by Crippen LogP contribution is -1.61. The van der Waals surface area contributed by atoms with Gasteiger partial charge in [-0.3, -0.25) is 0 Å². The highest BCUT2D eigenvalue weighted by Gasteiger charge is 1.69. The van der Waals surface area contributed by atoms with Crippen LogP contribution in [0.5, 0.6) is 0 Å². The van der Waals surface area contributed by atoms with Crippen LogP contribution >= 0.6 is 23.4 Å². The highest BCUT2D eigenvalue weighted by molar-refractivity contribution is 8.00. The van der Waals surface area contributed by atoms with E-state index < -0.39 is 0 Å². The minimum Gasteiger partial charge on any atom is -0.146 e. The lowest BCUT2D eigenvalue weighted by Gasteiger charge is -1.78. The maximum atomic E-state index is 5.22. The second kappa shape index (κ2) is 4.64. The smallest absolute Gasteiger partial charge is 0.0680 e. The van der Waals surface area contributed by atoms with E-state index in [1.165, 1.54) is 0 Å². The molecule has 0 amide bonds. The summed E-state index contributed by atoms with van der Waals surface area (Å²) in [5.74, 6) is 0.878. The first-order valence-corrected chi connectivity index (χ1v) is 3.03. The van der Waals surface area contributed by atoms with Gasteiger partial charge >= 0.3 is 0 Å². The Kier molecular flexibility index (Phi) is 5.23. The quantitative estimate of drug-likeness (QED) is 0.487. The van der Waals surface area contributed by atoms with Crippen molar-refractivity contribution in [3.63, 3.8) is 0 Å². The number of hydrogen-bond donors (Lipinski definition) is 0. The van der Waals surface area contributed by atoms with Crippen molar-refractivity contribution in [3.8, 4) is 0 Å². The standard InChI is InChI=1S/C3H6ClS/c1-2-5-3-4/h1-3H2. The first-order valence-electron chi connectivity index (χ1n) is 1.34. The fourth-order valence-corrected chi connectivity index (χ4v) is 0.491. The van der Waals surface area contributed by atoms with Crippen LogP contribution in [-0.4, -0.2) is 11.0 Å². The predicted molar refractivity (Wildman–Crippen MR) is 28.5 cm³/mol. The minimum atomic E-state index is 0.670. The van der Waals surface area contributed by atoms with Crippen molar-refractivity contribution in [3.05, 3.63) is 6.92 Å². The van der Waals surface area contributed by atoms with Crippen molar-refractivity contribution < 1.29 is 0 Å². The molecule has 0 aromatic heterocycles. The summed E-state index contributed by atoms with van der Waals surface area (Å²) in [4.78, 5) is 0. The zero-order valence-corrected chi connectivity index (χ0v) is 4.48. The van der Waals surface area contributed by atoms with Crippen molar-refractivity contribution in [2.24, 2.45) is 0 Å². The molecule has 0 bridgehead atoms. The molecule has 0 aliphatic carbocycles. The van der Waals surface area contributed by atoms with Crippen LogP contribution in [0.2, 0.25) is 0 Å². The largest absolute Gasteiger partial charge is 0.146 e. The number of alkyl halides is 1. The zero-order chi connectivity index (χ0) is 4.12. The molecule has 2 heteroatoms. The molecule has 5 heavy (non-hydrogen) atoms. The van der Waals surface area contributed by atoms with Crippen molar-refractivity contribution in [1.29, 1.82) is 0 Å². The topological polar surface area (TPSA) is 0 Å². The van der Waals surface area contributed by atoms with Gasteiger partial charge in [-0.25, -0.2) is 0 Å². The van der Waals surface area contributed by atoms with Crippen LogP contribution in [0.15, 0.2) is 0 Å². The summed E-state index contributed by atoms with van der Waals surface area (Å²) >= 11 is 6.84. The van der Waals surface area contributed by atoms with Crippen molar-refractivity contribution >= 4 is 23.4 Å². The molecule has 0 aliphatic rings. The molecule has 0 fully saturated rings. The van der Waals surface area contributed by atoms with Gasteiger partial charge in [-0.15, -0.1) is 23.4 Å². The molecule has 0 spiro atoms. The molecular weight excluding hydrogens is 104 g/mol. The maximum absolute atomic E-state index is 5.22. The van der Waals surface area contributed by atoms with E-state index >= 15 is 0 Å². The second-order valence-electron chi connectivity index (χ2n) is 0.517. The summed E-state index contributed by atoms with van der Waals surface area (Å²) in [6.07, 6.45) is 0. The van der Waals surface area contributed by atoms with Gasteiger partial charge in [0.05, 0.1) is 5.21 Å². The van der Waals surface area contributed by atoms with Gasteiger partial charge in [-0.1, -0.05) is 0 Å². The lowest BCUT2D eigenvalue weighted by molar-refractivity contribution is 1.82. The van der Waals surface area contributed by atoms with Gasteiger partial charge in [0.1, 0.15) is 0 Å². The van der Waals surface area contributed by atoms with Crippen molar-refractivity contribution in [2.45, 2.75) is 0 Å². The fourth-order valence-electron chi connectivity index (χ4n) is 0.0546. The van der Waals surface area contributed by atoms with Gasteiger partial charge in [-0.2, -0.15) is 0 Å². The Morgan fingerprint density at radius 2 is 2.40 bits per heavy atom. The second-order valence-corrected chi connectivity index (χ2v) is 2.21. The lowest BCUT2D eigenvalue weighted by atomic mass is 11.0. The third-order valence-corrected chi connectivity index (χ3v) is 1.13. The monoisotopic (exact) mass is 109 g/mol. The number of hydrogen-bond acceptors (Lipinski definition) is 1. The van der Waals surface area contributed by atoms with E-state index in [2.05, 4.69) is 6.92 Å². The van der Waals surface area contributed by atoms with E-state index in [9.17, 15) is 0 Å². The molecule has 1 radical (unpaired) electrons. The molecule has 0 aromatic carbocycles. The van der Waals surface area contributed by atoms with E-state index in [1.807, 2.05) is 0 Å². The maximum Gasteiger partial charge on any atom is 0.0680 e. The molecule has 0 saturated carbocycles. The van der Waals surface area contributed by atoms with E-state index in [4.69, 9.17) is 11.6 Å². The first-order chi connectivity index (χ1) is 2.41. The Bertz CT molecular complexity index is 14.4. The summed E-state index contributed by atoms with van der Waals surface area (Å²) in [6.45, 7) is 3.55. The molecule has 0 aromatic rings. The highest BCUT2D eigenvalue weighted by Crippen LogP contribution is 1.97. The molecule has 31 valence electrons. The molecule has 0 saturated heterocycles. The molecular formula is C3H6ClS. The fraction of sp³-hybridized carbons (Fsp3) is 0.667. The Labute approximate surface area is 41.9 Å². The Balaban J connectivity index is 2.19. The van der Waals surface area contributed by atoms with E-state index in [0.717, 1.165) is 5.75 Å². The zero-order valence-electron chi connectivity index (χ0n) is 2.91. The first kappa shape index (κ1) is 5.64. The third kappa shape index (κ3) is 4.64. The molecule has 0 N–H and O–H groups in total. The Morgan fingerprint density at radius 1 is 1.80 bits per heavy atom. The minimum absolute atomic E-state index is 0.670. The van der Waals surface area contributed by atoms with E-state index in [-0.39, 0.29) is 0 Å². The van der Waals surface area contributed by atoms with Crippen LogP contribution in [-0.2, 0) is 0 Å². The molecule has 0 heterocycles. The number of rotatable bonds is 2. The van der Waals surface area contributed by atoms with Crippen LogP contribution in [0.4, 0.5) is 0 Å². The molecule has 0 unspecified atom stereocenters. The SMILES string of the molecule is [CH2]CSCCl. The number of halogens is 1. The van der Waals surface area contributed by atoms with Gasteiger partial charge in [0.25, 0.3) is 0 Å². The molecule has 0 aliphatic heterocycles. The van der Waals surface area contributed by atoms with Gasteiger partial charge < -0.3 is 0 Å². The Hall–Kier alpha value is 0.640. The van der Waals surface area contributed by atoms with Crippen LogP contribution < -0.4 is 0 Å². The third-order valence-electron chi connectivity index (χ3n) is 0.221. The van der Waals surface area contributed by atoms with Gasteiger partial charge in [0, 0.05) is 0 Å². The van der Waals surface area contributed by atoms with Gasteiger partial charge in [-0.05, 0) is 12.7 Å². The van der Waals surface area contributed by atoms with Gasteiger partial charge in [0.15, 0.2) is 0 Å². The summed E-state index contributed by atoms with van der Waals surface area (Å²) in [5.41, 5.74) is 0. The summed E-state index contributed by atoms with van der Waals surface area (Å²) in [6, 6.07) is 0. The number of thioether (sulfide) groups is 1. The summed E-state index contributed by atoms with van der Waals surface area (Å²) < 4.78 is 0. The van der Waals surface area contributed by atoms with Crippen LogP contribution in [0, 0.1) is 6.92 Å².